The van der Waals surface area contributed by atoms with Gasteiger partial charge in [-0.15, -0.1) is 0 Å². The molecule has 2 aromatic carbocycles. The smallest absolute Gasteiger partial charge is 0.306 e. The van der Waals surface area contributed by atoms with Crippen LogP contribution < -0.4 is 0 Å². The van der Waals surface area contributed by atoms with E-state index < -0.39 is 32.9 Å². The Morgan fingerprint density at radius 3 is 2.28 bits per heavy atom. The molecule has 6 nitrogen and oxygen atoms in total. The molecule has 3 atom stereocenters. The van der Waals surface area contributed by atoms with Gasteiger partial charge in [0.1, 0.15) is 5.25 Å². The number of rotatable bonds is 7. The minimum atomic E-state index is -3.95. The molecule has 3 rings (SSSR count). The van der Waals surface area contributed by atoms with Crippen molar-refractivity contribution in [2.24, 2.45) is 5.92 Å². The Bertz CT molecular complexity index is 959. The van der Waals surface area contributed by atoms with Crippen LogP contribution in [0.1, 0.15) is 31.9 Å². The number of carbonyl (C=O) groups is 2. The Morgan fingerprint density at radius 2 is 1.69 bits per heavy atom. The van der Waals surface area contributed by atoms with E-state index in [1.54, 1.807) is 30.0 Å². The Hall–Kier alpha value is -2.67. The number of nitrogens with zero attached hydrogens (tertiary/aromatic N) is 1. The molecule has 0 radical (unpaired) electrons. The lowest BCUT2D eigenvalue weighted by Crippen LogP contribution is -2.37. The zero-order valence-electron chi connectivity index (χ0n) is 16.5. The van der Waals surface area contributed by atoms with E-state index in [4.69, 9.17) is 4.74 Å². The molecule has 0 N–H and O–H groups in total. The van der Waals surface area contributed by atoms with E-state index in [2.05, 4.69) is 0 Å². The van der Waals surface area contributed by atoms with Gasteiger partial charge >= 0.3 is 5.97 Å². The maximum absolute atomic E-state index is 13.3. The van der Waals surface area contributed by atoms with Gasteiger partial charge in [0.05, 0.1) is 24.0 Å². The average Bonchev–Trinajstić information content (AvgIpc) is 3.05. The third-order valence-corrected chi connectivity index (χ3v) is 7.46. The van der Waals surface area contributed by atoms with Crippen molar-refractivity contribution >= 4 is 21.7 Å². The number of hydrogen-bond acceptors (Lipinski definition) is 5. The molecule has 0 aromatic heterocycles. The maximum Gasteiger partial charge on any atom is 0.306 e. The lowest BCUT2D eigenvalue weighted by atomic mass is 10.0. The van der Waals surface area contributed by atoms with Crippen LogP contribution in [-0.2, 0) is 24.2 Å². The largest absolute Gasteiger partial charge is 0.466 e. The molecule has 0 saturated carbocycles. The van der Waals surface area contributed by atoms with Crippen molar-refractivity contribution in [1.82, 2.24) is 4.90 Å². The van der Waals surface area contributed by atoms with E-state index in [0.717, 1.165) is 5.56 Å². The molecule has 154 valence electrons. The summed E-state index contributed by atoms with van der Waals surface area (Å²) in [5.41, 5.74) is 0.911. The van der Waals surface area contributed by atoms with Crippen LogP contribution in [0.25, 0.3) is 0 Å². The predicted molar refractivity (Wildman–Crippen MR) is 109 cm³/mol. The van der Waals surface area contributed by atoms with E-state index in [1.807, 2.05) is 37.3 Å². The first kappa shape index (κ1) is 21.0. The summed E-state index contributed by atoms with van der Waals surface area (Å²) in [5.74, 6) is -1.63. The van der Waals surface area contributed by atoms with E-state index in [1.165, 1.54) is 12.1 Å². The van der Waals surface area contributed by atoms with E-state index in [9.17, 15) is 18.0 Å². The lowest BCUT2D eigenvalue weighted by molar-refractivity contribution is -0.144. The zero-order chi connectivity index (χ0) is 21.0. The summed E-state index contributed by atoms with van der Waals surface area (Å²) in [6.45, 7) is 3.95. The molecule has 1 amide bonds. The molecule has 7 heteroatoms. The average molecular weight is 416 g/mol. The second kappa shape index (κ2) is 8.78. The molecule has 29 heavy (non-hydrogen) atoms. The fraction of sp³-hybridized carbons (Fsp3) is 0.364. The second-order valence-corrected chi connectivity index (χ2v) is 9.19. The molecule has 1 heterocycles. The van der Waals surface area contributed by atoms with E-state index in [0.29, 0.717) is 0 Å². The zero-order valence-corrected chi connectivity index (χ0v) is 17.3. The number of esters is 1. The first-order chi connectivity index (χ1) is 13.9. The Kier molecular flexibility index (Phi) is 6.37. The molecule has 0 spiro atoms. The summed E-state index contributed by atoms with van der Waals surface area (Å²) in [7, 11) is -3.95. The quantitative estimate of drug-likeness (QED) is 0.650. The van der Waals surface area contributed by atoms with Crippen LogP contribution in [0.4, 0.5) is 0 Å². The number of carbonyl (C=O) groups excluding carboxylic acids is 2. The van der Waals surface area contributed by atoms with Crippen LogP contribution in [0.3, 0.4) is 0 Å². The summed E-state index contributed by atoms with van der Waals surface area (Å²) >= 11 is 0. The van der Waals surface area contributed by atoms with Gasteiger partial charge in [-0.2, -0.15) is 0 Å². The summed E-state index contributed by atoms with van der Waals surface area (Å²) < 4.78 is 31.6. The fourth-order valence-electron chi connectivity index (χ4n) is 3.81. The summed E-state index contributed by atoms with van der Waals surface area (Å²) in [4.78, 5) is 27.0. The molecule has 0 aliphatic carbocycles. The van der Waals surface area contributed by atoms with Crippen LogP contribution >= 0.6 is 0 Å². The Labute approximate surface area is 171 Å². The monoisotopic (exact) mass is 415 g/mol. The van der Waals surface area contributed by atoms with Gasteiger partial charge in [0.2, 0.25) is 5.91 Å². The molecule has 1 aliphatic rings. The van der Waals surface area contributed by atoms with Crippen molar-refractivity contribution in [2.45, 2.75) is 36.5 Å². The van der Waals surface area contributed by atoms with Crippen molar-refractivity contribution in [1.29, 1.82) is 0 Å². The molecule has 1 aliphatic heterocycles. The Morgan fingerprint density at radius 1 is 1.10 bits per heavy atom. The van der Waals surface area contributed by atoms with Crippen LogP contribution in [0.5, 0.6) is 0 Å². The maximum atomic E-state index is 13.3. The lowest BCUT2D eigenvalue weighted by Gasteiger charge is -2.25. The van der Waals surface area contributed by atoms with Gasteiger partial charge in [-0.05, 0) is 31.5 Å². The van der Waals surface area contributed by atoms with Crippen molar-refractivity contribution in [3.05, 3.63) is 66.2 Å². The van der Waals surface area contributed by atoms with Gasteiger partial charge in [-0.25, -0.2) is 8.42 Å². The van der Waals surface area contributed by atoms with E-state index >= 15 is 0 Å². The van der Waals surface area contributed by atoms with Crippen molar-refractivity contribution < 1.29 is 22.7 Å². The Balaban J connectivity index is 1.96. The first-order valence-corrected chi connectivity index (χ1v) is 11.2. The van der Waals surface area contributed by atoms with Crippen LogP contribution in [0, 0.1) is 5.92 Å². The summed E-state index contributed by atoms with van der Waals surface area (Å²) in [5, 5.41) is -1.31. The minimum Gasteiger partial charge on any atom is -0.466 e. The number of amides is 1. The molecule has 0 unspecified atom stereocenters. The summed E-state index contributed by atoms with van der Waals surface area (Å²) in [6.07, 6.45) is -0.117. The van der Waals surface area contributed by atoms with Crippen molar-refractivity contribution in [2.75, 3.05) is 13.2 Å². The normalized spacial score (nSPS) is 20.5. The molecule has 1 saturated heterocycles. The summed E-state index contributed by atoms with van der Waals surface area (Å²) in [6, 6.07) is 17.1. The standard InChI is InChI=1S/C22H25NO5S/c1-3-28-20(24)14-18-15-23(16(2)17-10-6-4-7-11-17)22(25)21(18)29(26,27)19-12-8-5-9-13-19/h4-13,16,18,21H,3,14-15H2,1-2H3/t16-,18+,21-/m1/s1. The third-order valence-electron chi connectivity index (χ3n) is 5.28. The molecule has 2 aromatic rings. The highest BCUT2D eigenvalue weighted by Gasteiger charge is 2.50. The van der Waals surface area contributed by atoms with Crippen molar-refractivity contribution in [3.63, 3.8) is 0 Å². The third kappa shape index (κ3) is 4.34. The van der Waals surface area contributed by atoms with Gasteiger partial charge in [0.25, 0.3) is 0 Å². The molecule has 1 fully saturated rings. The van der Waals surface area contributed by atoms with Gasteiger partial charge in [0.15, 0.2) is 9.84 Å². The van der Waals surface area contributed by atoms with Gasteiger partial charge in [-0.1, -0.05) is 48.5 Å². The first-order valence-electron chi connectivity index (χ1n) is 9.66. The molecular weight excluding hydrogens is 390 g/mol. The number of likely N-dealkylation sites (tertiary alicyclic amines) is 1. The molecule has 0 bridgehead atoms. The van der Waals surface area contributed by atoms with Gasteiger partial charge in [-0.3, -0.25) is 9.59 Å². The highest BCUT2D eigenvalue weighted by atomic mass is 32.2. The fourth-order valence-corrected chi connectivity index (χ4v) is 5.73. The van der Waals surface area contributed by atoms with Crippen molar-refractivity contribution in [3.8, 4) is 0 Å². The number of hydrogen-bond donors (Lipinski definition) is 0. The van der Waals surface area contributed by atoms with Gasteiger partial charge < -0.3 is 9.64 Å². The van der Waals surface area contributed by atoms with Crippen LogP contribution in [0.15, 0.2) is 65.6 Å². The topological polar surface area (TPSA) is 80.8 Å². The SMILES string of the molecule is CCOC(=O)C[C@H]1CN([C@H](C)c2ccccc2)C(=O)[C@@H]1S(=O)(=O)c1ccccc1. The van der Waals surface area contributed by atoms with E-state index in [-0.39, 0.29) is 30.5 Å². The number of benzene rings is 2. The minimum absolute atomic E-state index is 0.0847. The highest BCUT2D eigenvalue weighted by molar-refractivity contribution is 7.92. The van der Waals surface area contributed by atoms with Crippen LogP contribution in [-0.4, -0.2) is 43.6 Å². The second-order valence-electron chi connectivity index (χ2n) is 7.13. The predicted octanol–water partition coefficient (Wildman–Crippen LogP) is 3.00. The highest BCUT2D eigenvalue weighted by Crippen LogP contribution is 2.36. The number of ether oxygens (including phenoxy) is 1. The number of sulfone groups is 1. The van der Waals surface area contributed by atoms with Crippen LogP contribution in [0.2, 0.25) is 0 Å². The van der Waals surface area contributed by atoms with Gasteiger partial charge in [0, 0.05) is 12.5 Å². The molecular formula is C22H25NO5S.